The number of hydrogen-bond acceptors (Lipinski definition) is 7. The predicted molar refractivity (Wildman–Crippen MR) is 126 cm³/mol. The summed E-state index contributed by atoms with van der Waals surface area (Å²) in [5.41, 5.74) is 0.330. The highest BCUT2D eigenvalue weighted by atomic mass is 32.1. The topological polar surface area (TPSA) is 116 Å². The maximum Gasteiger partial charge on any atom is 0.262 e. The molecular formula is C23H25N5O4S. The first-order valence-corrected chi connectivity index (χ1v) is 11.5. The Bertz CT molecular complexity index is 1080. The molecule has 2 amide bonds. The number of ether oxygens (including phenoxy) is 2. The summed E-state index contributed by atoms with van der Waals surface area (Å²) < 4.78 is 11.0. The molecule has 1 aromatic heterocycles. The number of nitrogens with one attached hydrogen (secondary N) is 2. The first-order valence-electron chi connectivity index (χ1n) is 10.7. The van der Waals surface area contributed by atoms with E-state index in [9.17, 15) is 9.59 Å². The summed E-state index contributed by atoms with van der Waals surface area (Å²) in [7, 11) is 0. The van der Waals surface area contributed by atoms with E-state index < -0.39 is 5.54 Å². The minimum absolute atomic E-state index is 0.120. The van der Waals surface area contributed by atoms with E-state index in [0.717, 1.165) is 10.6 Å². The second-order valence-corrected chi connectivity index (χ2v) is 9.18. The zero-order chi connectivity index (χ0) is 23.3. The molecule has 2 aliphatic rings. The SMILES string of the molecule is Cc1ccc(C(=O)N[C@@]2(C(=O)Nc3ccc(N4CCOCCC4=NC#N)cc3)CCOC2)s1. The summed E-state index contributed by atoms with van der Waals surface area (Å²) in [6, 6.07) is 10.9. The molecule has 2 fully saturated rings. The Hall–Kier alpha value is -3.26. The van der Waals surface area contributed by atoms with Gasteiger partial charge in [0, 0.05) is 42.2 Å². The van der Waals surface area contributed by atoms with Gasteiger partial charge in [0.2, 0.25) is 6.19 Å². The van der Waals surface area contributed by atoms with Gasteiger partial charge in [-0.1, -0.05) is 0 Å². The Morgan fingerprint density at radius 1 is 1.15 bits per heavy atom. The Morgan fingerprint density at radius 3 is 2.64 bits per heavy atom. The summed E-state index contributed by atoms with van der Waals surface area (Å²) in [4.78, 5) is 33.4. The summed E-state index contributed by atoms with van der Waals surface area (Å²) >= 11 is 1.39. The van der Waals surface area contributed by atoms with Crippen LogP contribution in [0.2, 0.25) is 0 Å². The maximum absolute atomic E-state index is 13.2. The number of hydrogen-bond donors (Lipinski definition) is 2. The lowest BCUT2D eigenvalue weighted by atomic mass is 9.97. The fourth-order valence-corrected chi connectivity index (χ4v) is 4.61. The predicted octanol–water partition coefficient (Wildman–Crippen LogP) is 2.69. The standard InChI is InChI=1S/C23H25N5O4S/c1-16-2-7-19(33-16)21(29)27-23(9-12-32-14-23)22(30)26-17-3-5-18(6-4-17)28-10-13-31-11-8-20(28)25-15-24/h2-7H,8-14H2,1H3,(H,26,30)(H,27,29)/t23-/m0/s1. The molecule has 0 bridgehead atoms. The van der Waals surface area contributed by atoms with Crippen molar-refractivity contribution in [3.8, 4) is 6.19 Å². The average Bonchev–Trinajstić information content (AvgIpc) is 3.40. The van der Waals surface area contributed by atoms with Crippen molar-refractivity contribution in [1.82, 2.24) is 5.32 Å². The molecule has 33 heavy (non-hydrogen) atoms. The first kappa shape index (κ1) is 22.9. The van der Waals surface area contributed by atoms with Crippen LogP contribution in [-0.2, 0) is 14.3 Å². The Kier molecular flexibility index (Phi) is 7.03. The molecule has 0 radical (unpaired) electrons. The van der Waals surface area contributed by atoms with Gasteiger partial charge < -0.3 is 25.0 Å². The molecule has 4 rings (SSSR count). The highest BCUT2D eigenvalue weighted by Crippen LogP contribution is 2.25. The molecule has 3 heterocycles. The van der Waals surface area contributed by atoms with Gasteiger partial charge in [0.05, 0.1) is 24.7 Å². The Labute approximate surface area is 196 Å². The zero-order valence-electron chi connectivity index (χ0n) is 18.3. The number of rotatable bonds is 5. The summed E-state index contributed by atoms with van der Waals surface area (Å²) in [5, 5.41) is 14.8. The third-order valence-electron chi connectivity index (χ3n) is 5.63. The van der Waals surface area contributed by atoms with Crippen molar-refractivity contribution in [3.63, 3.8) is 0 Å². The van der Waals surface area contributed by atoms with Crippen LogP contribution in [0.1, 0.15) is 27.4 Å². The van der Waals surface area contributed by atoms with E-state index in [2.05, 4.69) is 15.6 Å². The van der Waals surface area contributed by atoms with Crippen molar-refractivity contribution in [2.24, 2.45) is 4.99 Å². The third-order valence-corrected chi connectivity index (χ3v) is 6.63. The van der Waals surface area contributed by atoms with Gasteiger partial charge in [-0.05, 0) is 43.3 Å². The Balaban J connectivity index is 1.47. The Morgan fingerprint density at radius 2 is 1.97 bits per heavy atom. The number of nitriles is 1. The van der Waals surface area contributed by atoms with Gasteiger partial charge in [0.25, 0.3) is 11.8 Å². The molecule has 1 aromatic carbocycles. The molecule has 172 valence electrons. The second-order valence-electron chi connectivity index (χ2n) is 7.89. The van der Waals surface area contributed by atoms with E-state index in [0.29, 0.717) is 55.6 Å². The van der Waals surface area contributed by atoms with Crippen molar-refractivity contribution in [1.29, 1.82) is 5.26 Å². The minimum Gasteiger partial charge on any atom is -0.379 e. The number of benzene rings is 1. The van der Waals surface area contributed by atoms with Gasteiger partial charge in [-0.3, -0.25) is 9.59 Å². The van der Waals surface area contributed by atoms with Crippen LogP contribution in [-0.4, -0.2) is 56.2 Å². The zero-order valence-corrected chi connectivity index (χ0v) is 19.1. The van der Waals surface area contributed by atoms with Crippen LogP contribution in [0.5, 0.6) is 0 Å². The number of aliphatic imine (C=N–C) groups is 1. The quantitative estimate of drug-likeness (QED) is 0.653. The number of carbonyl (C=O) groups excluding carboxylic acids is 2. The summed E-state index contributed by atoms with van der Waals surface area (Å²) in [6.07, 6.45) is 2.81. The number of aryl methyl sites for hydroxylation is 1. The molecule has 9 nitrogen and oxygen atoms in total. The lowest BCUT2D eigenvalue weighted by Crippen LogP contribution is -2.57. The average molecular weight is 468 g/mol. The largest absolute Gasteiger partial charge is 0.379 e. The van der Waals surface area contributed by atoms with E-state index in [1.807, 2.05) is 36.2 Å². The molecule has 0 spiro atoms. The van der Waals surface area contributed by atoms with Crippen LogP contribution in [0, 0.1) is 18.4 Å². The van der Waals surface area contributed by atoms with Crippen LogP contribution in [0.15, 0.2) is 41.4 Å². The molecule has 2 aromatic rings. The van der Waals surface area contributed by atoms with Crippen LogP contribution in [0.3, 0.4) is 0 Å². The molecule has 2 N–H and O–H groups in total. The summed E-state index contributed by atoms with van der Waals surface area (Å²) in [5.74, 6) is 0.0569. The smallest absolute Gasteiger partial charge is 0.262 e. The van der Waals surface area contributed by atoms with Crippen LogP contribution in [0.25, 0.3) is 0 Å². The molecule has 0 aliphatic carbocycles. The van der Waals surface area contributed by atoms with Crippen molar-refractivity contribution in [2.45, 2.75) is 25.3 Å². The van der Waals surface area contributed by atoms with Gasteiger partial charge >= 0.3 is 0 Å². The normalized spacial score (nSPS) is 21.9. The van der Waals surface area contributed by atoms with Crippen LogP contribution < -0.4 is 15.5 Å². The maximum atomic E-state index is 13.2. The van der Waals surface area contributed by atoms with Crippen molar-refractivity contribution in [3.05, 3.63) is 46.2 Å². The number of nitrogens with zero attached hydrogens (tertiary/aromatic N) is 3. The highest BCUT2D eigenvalue weighted by molar-refractivity contribution is 7.13. The van der Waals surface area contributed by atoms with Crippen LogP contribution >= 0.6 is 11.3 Å². The van der Waals surface area contributed by atoms with Crippen molar-refractivity contribution in [2.75, 3.05) is 43.2 Å². The molecule has 0 saturated carbocycles. The fraction of sp³-hybridized carbons (Fsp3) is 0.391. The van der Waals surface area contributed by atoms with E-state index in [4.69, 9.17) is 14.7 Å². The minimum atomic E-state index is -1.12. The number of amidine groups is 1. The van der Waals surface area contributed by atoms with E-state index in [1.165, 1.54) is 11.3 Å². The van der Waals surface area contributed by atoms with E-state index >= 15 is 0 Å². The van der Waals surface area contributed by atoms with Crippen molar-refractivity contribution >= 4 is 40.4 Å². The van der Waals surface area contributed by atoms with E-state index in [1.54, 1.807) is 18.2 Å². The van der Waals surface area contributed by atoms with Crippen molar-refractivity contribution < 1.29 is 19.1 Å². The van der Waals surface area contributed by atoms with Gasteiger partial charge in [0.15, 0.2) is 0 Å². The van der Waals surface area contributed by atoms with Gasteiger partial charge in [-0.25, -0.2) is 0 Å². The fourth-order valence-electron chi connectivity index (χ4n) is 3.85. The summed E-state index contributed by atoms with van der Waals surface area (Å²) in [6.45, 7) is 4.09. The molecule has 2 saturated heterocycles. The number of amides is 2. The number of thiophene rings is 1. The number of carbonyl (C=O) groups is 2. The second kappa shape index (κ2) is 10.1. The lowest BCUT2D eigenvalue weighted by Gasteiger charge is -2.27. The molecular weight excluding hydrogens is 442 g/mol. The molecule has 1 atom stereocenters. The highest BCUT2D eigenvalue weighted by Gasteiger charge is 2.44. The third kappa shape index (κ3) is 5.22. The molecule has 10 heteroatoms. The van der Waals surface area contributed by atoms with Gasteiger partial charge in [-0.15, -0.1) is 11.3 Å². The molecule has 0 unspecified atom stereocenters. The van der Waals surface area contributed by atoms with Gasteiger partial charge in [0.1, 0.15) is 11.4 Å². The lowest BCUT2D eigenvalue weighted by molar-refractivity contribution is -0.122. The first-order chi connectivity index (χ1) is 16.0. The van der Waals surface area contributed by atoms with Gasteiger partial charge in [-0.2, -0.15) is 10.3 Å². The van der Waals surface area contributed by atoms with Crippen LogP contribution in [0.4, 0.5) is 11.4 Å². The monoisotopic (exact) mass is 467 g/mol. The van der Waals surface area contributed by atoms with E-state index in [-0.39, 0.29) is 18.4 Å². The number of anilines is 2. The molecule has 2 aliphatic heterocycles.